The smallest absolute Gasteiger partial charge is 0.726 e. The molecule has 0 radical (unpaired) electrons. The maximum absolute atomic E-state index is 14.5. The number of carbonyl (C=O) groups excluding carboxylic acids is 2. The third kappa shape index (κ3) is 15.4. The Kier molecular flexibility index (Phi) is 25.8. The van der Waals surface area contributed by atoms with E-state index in [0.29, 0.717) is 38.5 Å². The summed E-state index contributed by atoms with van der Waals surface area (Å²) in [6.45, 7) is 12.2. The molecule has 534 valence electrons. The number of rotatable bonds is 21. The molecule has 10 rings (SSSR count). The van der Waals surface area contributed by atoms with E-state index in [0.717, 1.165) is 20.0 Å². The molecule has 10 aliphatic rings. The summed E-state index contributed by atoms with van der Waals surface area (Å²) >= 11 is 0. The Morgan fingerprint density at radius 2 is 1.26 bits per heavy atom. The van der Waals surface area contributed by atoms with Gasteiger partial charge in [-0.15, -0.1) is 0 Å². The van der Waals surface area contributed by atoms with Gasteiger partial charge < -0.3 is 117 Å². The standard InChI is InChI=1S/C59H94O32S2.2Na/c1-24(2)18-26(61)19-58(8)34-13-16-57(7)28-10-11-33-55(4,5)35(14-15-56(33,6)27(28)12-17-59(34,57)54(71)90-58)85-52-47(38(65)32(22-80-52)91-93(75,76)77)89-53-48(88-50-40(67)39(66)36(63)30(20-60)83-50)41(68)44(25(3)82-53)86-51-43(70)46(37(64)31(84-51)23-81-92(72,73)74)87-49-42(69)45(78-9)29(62)21-79-49;;/h10,24-25,27,29-53,60,62-70H,11-23H2,1-9H3,(H,72,73,74)(H,75,76,77);;/q;2*+1/p-2/t25-,27+,29-,30-,31-,32-,33?,34-,35+,36-,37-,38+,39+,40-,41+,42-,43-,44-,45+,46+,47-,48-,49+,50+,51+,52+,53+,56-,57+,58+,59-;;/m1../s1. The van der Waals surface area contributed by atoms with Crippen molar-refractivity contribution < 1.29 is 211 Å². The van der Waals surface area contributed by atoms with E-state index in [2.05, 4.69) is 24.1 Å². The minimum Gasteiger partial charge on any atom is -0.726 e. The van der Waals surface area contributed by atoms with Crippen molar-refractivity contribution in [2.75, 3.05) is 33.5 Å². The zero-order valence-corrected chi connectivity index (χ0v) is 60.8. The van der Waals surface area contributed by atoms with Gasteiger partial charge in [0.2, 0.25) is 20.8 Å². The molecule has 0 aromatic heterocycles. The summed E-state index contributed by atoms with van der Waals surface area (Å²) in [5, 5.41) is 112. The van der Waals surface area contributed by atoms with Crippen LogP contribution in [0, 0.1) is 45.3 Å². The van der Waals surface area contributed by atoms with Gasteiger partial charge in [-0.1, -0.05) is 53.2 Å². The molecule has 4 aliphatic carbocycles. The van der Waals surface area contributed by atoms with Crippen LogP contribution in [0.25, 0.3) is 0 Å². The molecule has 32 nitrogen and oxygen atoms in total. The molecular weight excluding hydrogens is 1330 g/mol. The van der Waals surface area contributed by atoms with Gasteiger partial charge in [0, 0.05) is 31.3 Å². The first-order valence-electron chi connectivity index (χ1n) is 31.8. The number of ketones is 1. The van der Waals surface area contributed by atoms with Crippen LogP contribution in [0.1, 0.15) is 113 Å². The summed E-state index contributed by atoms with van der Waals surface area (Å²) in [6, 6.07) is 0. The minimum absolute atomic E-state index is 0. The summed E-state index contributed by atoms with van der Waals surface area (Å²) in [7, 11) is -9.91. The number of hydrogen-bond donors (Lipinski definition) is 10. The molecule has 6 aliphatic heterocycles. The first-order valence-corrected chi connectivity index (χ1v) is 34.4. The average molecular weight is 1420 g/mol. The molecule has 6 heterocycles. The molecule has 0 aromatic rings. The fourth-order valence-corrected chi connectivity index (χ4v) is 18.5. The van der Waals surface area contributed by atoms with E-state index in [1.807, 2.05) is 34.6 Å². The number of allylic oxidation sites excluding steroid dienone is 2. The molecule has 0 bridgehead atoms. The predicted molar refractivity (Wildman–Crippen MR) is 305 cm³/mol. The van der Waals surface area contributed by atoms with Crippen molar-refractivity contribution >= 4 is 32.6 Å². The molecule has 10 N–H and O–H groups in total. The number of ether oxygens (including phenoxy) is 12. The van der Waals surface area contributed by atoms with Crippen LogP contribution < -0.4 is 59.1 Å². The van der Waals surface area contributed by atoms with Gasteiger partial charge in [-0.2, -0.15) is 0 Å². The van der Waals surface area contributed by atoms with E-state index in [9.17, 15) is 86.6 Å². The summed E-state index contributed by atoms with van der Waals surface area (Å²) in [5.41, 5.74) is -2.18. The second-order valence-corrected chi connectivity index (χ2v) is 30.7. The molecule has 31 atom stereocenters. The average Bonchev–Trinajstić information content (AvgIpc) is 1.53. The molecule has 36 heteroatoms. The fraction of sp³-hybridized carbons (Fsp3) is 0.932. The molecule has 0 amide bonds. The van der Waals surface area contributed by atoms with Gasteiger partial charge in [-0.25, -0.2) is 16.8 Å². The van der Waals surface area contributed by atoms with Crippen molar-refractivity contribution in [3.8, 4) is 0 Å². The molecule has 3 saturated carbocycles. The van der Waals surface area contributed by atoms with E-state index >= 15 is 0 Å². The number of carbonyl (C=O) groups is 2. The zero-order chi connectivity index (χ0) is 68.2. The van der Waals surface area contributed by atoms with Gasteiger partial charge >= 0.3 is 65.1 Å². The van der Waals surface area contributed by atoms with Gasteiger partial charge in [0.25, 0.3) is 0 Å². The number of hydrogen-bond acceptors (Lipinski definition) is 32. The number of cyclic esters (lactones) is 1. The Bertz CT molecular complexity index is 2930. The maximum atomic E-state index is 14.5. The molecule has 9 fully saturated rings. The normalized spacial score (nSPS) is 48.2. The molecule has 0 aromatic carbocycles. The van der Waals surface area contributed by atoms with Crippen LogP contribution in [0.4, 0.5) is 0 Å². The Balaban J connectivity index is 0.00000578. The number of esters is 1. The Hall–Kier alpha value is -0.220. The molecule has 6 saturated heterocycles. The van der Waals surface area contributed by atoms with Crippen molar-refractivity contribution in [3.05, 3.63) is 11.6 Å². The van der Waals surface area contributed by atoms with Crippen molar-refractivity contribution in [2.24, 2.45) is 45.3 Å². The van der Waals surface area contributed by atoms with Crippen molar-refractivity contribution in [3.63, 3.8) is 0 Å². The monoisotopic (exact) mass is 1420 g/mol. The van der Waals surface area contributed by atoms with Crippen molar-refractivity contribution in [1.82, 2.24) is 0 Å². The summed E-state index contributed by atoms with van der Waals surface area (Å²) in [5.74, 6) is -0.248. The summed E-state index contributed by atoms with van der Waals surface area (Å²) in [6.07, 6.45) is -37.9. The Labute approximate surface area is 596 Å². The van der Waals surface area contributed by atoms with Gasteiger partial charge in [-0.3, -0.25) is 18.0 Å². The molecular formula is C59H92Na2O32S2. The van der Waals surface area contributed by atoms with Crippen LogP contribution in [-0.2, 0) is 95.6 Å². The second-order valence-electron chi connectivity index (χ2n) is 28.7. The summed E-state index contributed by atoms with van der Waals surface area (Å²) < 4.78 is 153. The van der Waals surface area contributed by atoms with Crippen LogP contribution in [0.2, 0.25) is 0 Å². The number of methoxy groups -OCH3 is 1. The first kappa shape index (κ1) is 80.5. The van der Waals surface area contributed by atoms with E-state index in [4.69, 9.17) is 61.0 Å². The SMILES string of the molecule is CO[C@@H]1[C@@H](O)[C@H](O[C@@H]2[C@@H](O)[C@H](O[C@H]3[C@H](O)[C@@H](O[C@@H]4O[C@H](CO)[C@@H](O)[C@H](O)[C@H]4O)[C@H](O[C@H]4[C@H](O[C@H]5CC[C@@]6(C)C(CC=C7[C@@H]6CC[C@]68C(=O)O[C@@](C)(CC(=O)CC(C)C)[C@H]6CC[C@@]78C)C5(C)C)OC[C@@H](OS(=O)(=O)[O-])[C@@H]4O)O[C@@H]3C)O[C@H](COS(=O)(=O)[O-])[C@H]2O)OC[C@H]1O.[Na+].[Na+]. The quantitative estimate of drug-likeness (QED) is 0.0168. The fourth-order valence-electron chi connectivity index (χ4n) is 17.7. The third-order valence-electron chi connectivity index (χ3n) is 22.2. The molecule has 1 unspecified atom stereocenters. The van der Waals surface area contributed by atoms with Crippen LogP contribution in [0.15, 0.2) is 11.6 Å². The van der Waals surface area contributed by atoms with E-state index in [1.54, 1.807) is 0 Å². The first-order chi connectivity index (χ1) is 43.3. The second kappa shape index (κ2) is 30.5. The van der Waals surface area contributed by atoms with Crippen LogP contribution in [0.3, 0.4) is 0 Å². The van der Waals surface area contributed by atoms with E-state index in [-0.39, 0.29) is 106 Å². The topological polar surface area (TPSA) is 480 Å². The number of aliphatic hydroxyl groups is 10. The third-order valence-corrected chi connectivity index (χ3v) is 23.1. The van der Waals surface area contributed by atoms with Gasteiger partial charge in [0.05, 0.1) is 44.1 Å². The largest absolute Gasteiger partial charge is 1.00 e. The Morgan fingerprint density at radius 1 is 0.653 bits per heavy atom. The number of Topliss-reactive ketones (excluding diaryl/α,β-unsaturated/α-hetero) is 1. The van der Waals surface area contributed by atoms with Crippen molar-refractivity contribution in [2.45, 2.75) is 266 Å². The van der Waals surface area contributed by atoms with Crippen molar-refractivity contribution in [1.29, 1.82) is 0 Å². The van der Waals surface area contributed by atoms with Crippen LogP contribution in [0.5, 0.6) is 0 Å². The predicted octanol–water partition coefficient (Wildman–Crippen LogP) is -8.69. The maximum Gasteiger partial charge on any atom is 1.00 e. The van der Waals surface area contributed by atoms with Gasteiger partial charge in [0.1, 0.15) is 115 Å². The van der Waals surface area contributed by atoms with Gasteiger partial charge in [0.15, 0.2) is 31.5 Å². The molecule has 1 spiro atoms. The minimum atomic E-state index is -5.57. The van der Waals surface area contributed by atoms with E-state index < -0.39 is 216 Å². The summed E-state index contributed by atoms with van der Waals surface area (Å²) in [4.78, 5) is 27.8. The molecule has 95 heavy (non-hydrogen) atoms. The van der Waals surface area contributed by atoms with E-state index in [1.165, 1.54) is 12.5 Å². The number of fused-ring (bicyclic) bond motifs is 4. The van der Waals surface area contributed by atoms with Gasteiger partial charge in [-0.05, 0) is 87.4 Å². The van der Waals surface area contributed by atoms with Crippen LogP contribution >= 0.6 is 0 Å². The number of aliphatic hydroxyl groups excluding tert-OH is 10. The van der Waals surface area contributed by atoms with Crippen LogP contribution in [-0.4, -0.2) is 275 Å². The zero-order valence-electron chi connectivity index (χ0n) is 55.2. The Morgan fingerprint density at radius 3 is 1.91 bits per heavy atom.